The predicted molar refractivity (Wildman–Crippen MR) is 264 cm³/mol. The van der Waals surface area contributed by atoms with Crippen LogP contribution in [0, 0.1) is 0 Å². The Labute approximate surface area is 366 Å². The first-order valence-electron chi connectivity index (χ1n) is 21.5. The summed E-state index contributed by atoms with van der Waals surface area (Å²) in [6, 6.07) is 87.1. The summed E-state index contributed by atoms with van der Waals surface area (Å²) in [5.74, 6) is 0. The first-order chi connectivity index (χ1) is 31.2. The van der Waals surface area contributed by atoms with Crippen LogP contribution < -0.4 is 4.90 Å². The third-order valence-electron chi connectivity index (χ3n) is 12.4. The van der Waals surface area contributed by atoms with Gasteiger partial charge in [0.25, 0.3) is 0 Å². The van der Waals surface area contributed by atoms with Crippen LogP contribution in [0.1, 0.15) is 0 Å². The van der Waals surface area contributed by atoms with Crippen LogP contribution in [-0.2, 0) is 0 Å². The number of furan rings is 1. The molecule has 0 bridgehead atoms. The summed E-state index contributed by atoms with van der Waals surface area (Å²) in [4.78, 5) is 2.37. The number of hydrogen-bond acceptors (Lipinski definition) is 2. The molecule has 0 spiro atoms. The van der Waals surface area contributed by atoms with Crippen molar-refractivity contribution >= 4 is 60.8 Å². The average Bonchev–Trinajstić information content (AvgIpc) is 3.91. The highest BCUT2D eigenvalue weighted by Crippen LogP contribution is 2.41. The molecule has 0 aliphatic rings. The molecule has 3 heteroatoms. The van der Waals surface area contributed by atoms with Crippen LogP contribution in [-0.4, -0.2) is 4.57 Å². The van der Waals surface area contributed by atoms with Crippen molar-refractivity contribution in [3.63, 3.8) is 0 Å². The lowest BCUT2D eigenvalue weighted by atomic mass is 9.94. The largest absolute Gasteiger partial charge is 0.456 e. The molecule has 0 unspecified atom stereocenters. The van der Waals surface area contributed by atoms with Crippen molar-refractivity contribution in [1.29, 1.82) is 0 Å². The molecular formula is C60H40N2O. The lowest BCUT2D eigenvalue weighted by molar-refractivity contribution is 0.669. The summed E-state index contributed by atoms with van der Waals surface area (Å²) in [6.45, 7) is 0. The smallest absolute Gasteiger partial charge is 0.136 e. The third kappa shape index (κ3) is 6.46. The second-order valence-electron chi connectivity index (χ2n) is 16.1. The van der Waals surface area contributed by atoms with Gasteiger partial charge in [0.2, 0.25) is 0 Å². The van der Waals surface area contributed by atoms with Crippen LogP contribution in [0.25, 0.3) is 93.9 Å². The van der Waals surface area contributed by atoms with Gasteiger partial charge in [-0.1, -0.05) is 170 Å². The zero-order valence-corrected chi connectivity index (χ0v) is 34.4. The number of rotatable bonds is 8. The summed E-state index contributed by atoms with van der Waals surface area (Å²) < 4.78 is 8.69. The van der Waals surface area contributed by atoms with Gasteiger partial charge >= 0.3 is 0 Å². The molecule has 0 saturated heterocycles. The molecule has 0 amide bonds. The average molecular weight is 805 g/mol. The lowest BCUT2D eigenvalue weighted by Crippen LogP contribution is -2.10. The molecule has 0 N–H and O–H groups in total. The number of benzene rings is 10. The van der Waals surface area contributed by atoms with Crippen molar-refractivity contribution in [1.82, 2.24) is 4.57 Å². The molecule has 0 atom stereocenters. The van der Waals surface area contributed by atoms with Gasteiger partial charge in [0.1, 0.15) is 11.2 Å². The zero-order chi connectivity index (χ0) is 41.7. The molecule has 3 nitrogen and oxygen atoms in total. The highest BCUT2D eigenvalue weighted by Gasteiger charge is 2.18. The van der Waals surface area contributed by atoms with Crippen LogP contribution in [0.2, 0.25) is 0 Å². The molecule has 12 aromatic rings. The van der Waals surface area contributed by atoms with Crippen molar-refractivity contribution in [2.45, 2.75) is 0 Å². The lowest BCUT2D eigenvalue weighted by Gasteiger charge is -2.27. The van der Waals surface area contributed by atoms with Crippen LogP contribution >= 0.6 is 0 Å². The van der Waals surface area contributed by atoms with Crippen LogP contribution in [0.5, 0.6) is 0 Å². The number of anilines is 3. The minimum atomic E-state index is 0.896. The van der Waals surface area contributed by atoms with Crippen molar-refractivity contribution in [2.24, 2.45) is 0 Å². The Morgan fingerprint density at radius 3 is 1.41 bits per heavy atom. The highest BCUT2D eigenvalue weighted by atomic mass is 16.3. The van der Waals surface area contributed by atoms with Gasteiger partial charge < -0.3 is 13.9 Å². The molecule has 296 valence electrons. The van der Waals surface area contributed by atoms with Crippen LogP contribution in [0.15, 0.2) is 247 Å². The van der Waals surface area contributed by atoms with Gasteiger partial charge in [0, 0.05) is 44.3 Å². The highest BCUT2D eigenvalue weighted by molar-refractivity contribution is 6.09. The first-order valence-corrected chi connectivity index (χ1v) is 21.5. The van der Waals surface area contributed by atoms with E-state index < -0.39 is 0 Å². The number of aromatic nitrogens is 1. The molecule has 2 heterocycles. The predicted octanol–water partition coefficient (Wildman–Crippen LogP) is 16.8. The van der Waals surface area contributed by atoms with Crippen molar-refractivity contribution in [2.75, 3.05) is 4.90 Å². The van der Waals surface area contributed by atoms with E-state index >= 15 is 0 Å². The Balaban J connectivity index is 0.943. The monoisotopic (exact) mass is 804 g/mol. The second-order valence-corrected chi connectivity index (χ2v) is 16.1. The van der Waals surface area contributed by atoms with Gasteiger partial charge in [-0.05, 0) is 117 Å². The number of nitrogens with zero attached hydrogens (tertiary/aromatic N) is 2. The molecule has 2 aromatic heterocycles. The first kappa shape index (κ1) is 36.5. The molecular weight excluding hydrogens is 765 g/mol. The van der Waals surface area contributed by atoms with E-state index in [1.54, 1.807) is 0 Å². The van der Waals surface area contributed by atoms with Gasteiger partial charge in [0.05, 0.1) is 11.0 Å². The van der Waals surface area contributed by atoms with E-state index in [0.29, 0.717) is 0 Å². The zero-order valence-electron chi connectivity index (χ0n) is 34.4. The van der Waals surface area contributed by atoms with Gasteiger partial charge in [-0.25, -0.2) is 0 Å². The Bertz CT molecular complexity index is 3550. The number of hydrogen-bond donors (Lipinski definition) is 0. The fraction of sp³-hybridized carbons (Fsp3) is 0. The Morgan fingerprint density at radius 1 is 0.286 bits per heavy atom. The molecule has 12 rings (SSSR count). The molecule has 10 aromatic carbocycles. The van der Waals surface area contributed by atoms with Gasteiger partial charge in [-0.2, -0.15) is 0 Å². The second kappa shape index (κ2) is 15.3. The van der Waals surface area contributed by atoms with E-state index in [4.69, 9.17) is 4.42 Å². The molecule has 0 radical (unpaired) electrons. The summed E-state index contributed by atoms with van der Waals surface area (Å²) in [7, 11) is 0. The number of fused-ring (bicyclic) bond motifs is 6. The van der Waals surface area contributed by atoms with Gasteiger partial charge in [-0.3, -0.25) is 0 Å². The maximum Gasteiger partial charge on any atom is 0.136 e. The number of para-hydroxylation sites is 3. The third-order valence-corrected chi connectivity index (χ3v) is 12.4. The molecule has 0 aliphatic carbocycles. The van der Waals surface area contributed by atoms with Crippen molar-refractivity contribution in [3.05, 3.63) is 243 Å². The summed E-state index contributed by atoms with van der Waals surface area (Å²) >= 11 is 0. The Hall–Kier alpha value is -8.40. The van der Waals surface area contributed by atoms with Crippen molar-refractivity contribution in [3.8, 4) is 50.2 Å². The SMILES string of the molecule is c1ccc(-c2ccc(-c3ccc(N(c4ccc(-c5ccccc5-c5ccc6c(c5)oc5ccccc56)cc4)c4cccc(-n5c6ccccc6c6ccccc65)c4)cc3)cc2)cc1. The minimum absolute atomic E-state index is 0.896. The van der Waals surface area contributed by atoms with Crippen LogP contribution in [0.4, 0.5) is 17.1 Å². The van der Waals surface area contributed by atoms with E-state index in [-0.39, 0.29) is 0 Å². The fourth-order valence-electron chi connectivity index (χ4n) is 9.38. The molecule has 63 heavy (non-hydrogen) atoms. The molecule has 0 aliphatic heterocycles. The quantitative estimate of drug-likeness (QED) is 0.153. The Kier molecular flexibility index (Phi) is 8.83. The van der Waals surface area contributed by atoms with E-state index in [9.17, 15) is 0 Å². The minimum Gasteiger partial charge on any atom is -0.456 e. The standard InChI is InChI=1S/C60H40N2O/c1-2-13-41(14-3-1)42-25-27-43(28-26-42)44-29-34-47(35-30-44)61(49-15-12-16-50(40-49)62-57-22-9-6-19-53(57)54-20-7-10-23-58(54)62)48-36-31-45(32-37-48)51-17-4-5-18-52(51)46-33-38-56-55-21-8-11-24-59(55)63-60(56)39-46/h1-40H. The summed E-state index contributed by atoms with van der Waals surface area (Å²) in [5.41, 5.74) is 17.9. The van der Waals surface area contributed by atoms with E-state index in [1.807, 2.05) is 12.1 Å². The summed E-state index contributed by atoms with van der Waals surface area (Å²) in [5, 5.41) is 4.76. The van der Waals surface area contributed by atoms with Crippen LogP contribution in [0.3, 0.4) is 0 Å². The van der Waals surface area contributed by atoms with Gasteiger partial charge in [0.15, 0.2) is 0 Å². The Morgan fingerprint density at radius 2 is 0.762 bits per heavy atom. The van der Waals surface area contributed by atoms with E-state index in [2.05, 4.69) is 240 Å². The molecule has 0 saturated carbocycles. The maximum absolute atomic E-state index is 6.31. The van der Waals surface area contributed by atoms with E-state index in [0.717, 1.165) is 61.4 Å². The van der Waals surface area contributed by atoms with Gasteiger partial charge in [-0.15, -0.1) is 0 Å². The van der Waals surface area contributed by atoms with Crippen molar-refractivity contribution < 1.29 is 4.42 Å². The fourth-order valence-corrected chi connectivity index (χ4v) is 9.38. The molecule has 0 fully saturated rings. The topological polar surface area (TPSA) is 21.3 Å². The normalized spacial score (nSPS) is 11.5. The van der Waals surface area contributed by atoms with E-state index in [1.165, 1.54) is 49.6 Å². The summed E-state index contributed by atoms with van der Waals surface area (Å²) in [6.07, 6.45) is 0. The maximum atomic E-state index is 6.31.